The molecule has 0 heterocycles. The molecule has 126 valence electrons. The maximum atomic E-state index is 12.2. The van der Waals surface area contributed by atoms with E-state index in [0.29, 0.717) is 18.9 Å². The highest BCUT2D eigenvalue weighted by atomic mass is 32.2. The summed E-state index contributed by atoms with van der Waals surface area (Å²) >= 11 is 0. The summed E-state index contributed by atoms with van der Waals surface area (Å²) < 4.78 is 32.4. The number of nitrogens with one attached hydrogen (secondary N) is 1. The fraction of sp³-hybridized carbons (Fsp3) is 0.625. The Hall–Kier alpha value is -1.11. The Balaban J connectivity index is 2.48. The van der Waals surface area contributed by atoms with Gasteiger partial charge in [-0.1, -0.05) is 20.8 Å². The van der Waals surface area contributed by atoms with E-state index >= 15 is 0 Å². The maximum Gasteiger partial charge on any atom is 0.240 e. The van der Waals surface area contributed by atoms with Crippen molar-refractivity contribution in [2.75, 3.05) is 32.8 Å². The van der Waals surface area contributed by atoms with E-state index in [-0.39, 0.29) is 4.90 Å². The summed E-state index contributed by atoms with van der Waals surface area (Å²) in [6, 6.07) is 6.55. The van der Waals surface area contributed by atoms with Crippen LogP contribution in [0.2, 0.25) is 0 Å². The van der Waals surface area contributed by atoms with Crippen LogP contribution in [0.1, 0.15) is 33.6 Å². The predicted octanol–water partition coefficient (Wildman–Crippen LogP) is 2.49. The van der Waals surface area contributed by atoms with Crippen LogP contribution in [0.3, 0.4) is 0 Å². The molecule has 1 N–H and O–H groups in total. The van der Waals surface area contributed by atoms with Crippen LogP contribution in [0, 0.1) is 0 Å². The first-order chi connectivity index (χ1) is 10.5. The summed E-state index contributed by atoms with van der Waals surface area (Å²) in [7, 11) is -3.43. The van der Waals surface area contributed by atoms with Crippen molar-refractivity contribution in [3.8, 4) is 5.75 Å². The first-order valence-corrected chi connectivity index (χ1v) is 9.46. The van der Waals surface area contributed by atoms with Crippen molar-refractivity contribution in [2.45, 2.75) is 38.5 Å². The molecule has 0 fully saturated rings. The van der Waals surface area contributed by atoms with E-state index in [1.54, 1.807) is 24.3 Å². The molecule has 1 rings (SSSR count). The van der Waals surface area contributed by atoms with Crippen LogP contribution in [0.4, 0.5) is 0 Å². The van der Waals surface area contributed by atoms with Gasteiger partial charge in [-0.05, 0) is 56.7 Å². The lowest BCUT2D eigenvalue weighted by Gasteiger charge is -2.17. The molecule has 0 aromatic heterocycles. The van der Waals surface area contributed by atoms with Crippen molar-refractivity contribution in [3.05, 3.63) is 24.3 Å². The predicted molar refractivity (Wildman–Crippen MR) is 89.8 cm³/mol. The van der Waals surface area contributed by atoms with E-state index in [2.05, 4.69) is 23.5 Å². The minimum absolute atomic E-state index is 0.277. The van der Waals surface area contributed by atoms with Gasteiger partial charge in [0.25, 0.3) is 0 Å². The van der Waals surface area contributed by atoms with Gasteiger partial charge in [0, 0.05) is 6.54 Å². The van der Waals surface area contributed by atoms with Crippen molar-refractivity contribution >= 4 is 10.0 Å². The summed E-state index contributed by atoms with van der Waals surface area (Å²) in [5.74, 6) is 0.697. The number of nitrogens with zero attached hydrogens (tertiary/aromatic N) is 1. The number of rotatable bonds is 11. The summed E-state index contributed by atoms with van der Waals surface area (Å²) in [6.45, 7) is 10.2. The molecule has 0 spiro atoms. The van der Waals surface area contributed by atoms with Crippen LogP contribution < -0.4 is 9.46 Å². The largest absolute Gasteiger partial charge is 0.494 e. The van der Waals surface area contributed by atoms with Gasteiger partial charge in [-0.2, -0.15) is 0 Å². The van der Waals surface area contributed by atoms with Crippen LogP contribution >= 0.6 is 0 Å². The van der Waals surface area contributed by atoms with Gasteiger partial charge in [-0.15, -0.1) is 0 Å². The quantitative estimate of drug-likeness (QED) is 0.634. The zero-order chi connectivity index (χ0) is 16.4. The Morgan fingerprint density at radius 1 is 1.09 bits per heavy atom. The van der Waals surface area contributed by atoms with Crippen molar-refractivity contribution in [2.24, 2.45) is 0 Å². The topological polar surface area (TPSA) is 58.6 Å². The van der Waals surface area contributed by atoms with Crippen molar-refractivity contribution in [1.29, 1.82) is 0 Å². The van der Waals surface area contributed by atoms with Gasteiger partial charge in [0.05, 0.1) is 11.5 Å². The molecule has 0 bridgehead atoms. The fourth-order valence-electron chi connectivity index (χ4n) is 2.07. The lowest BCUT2D eigenvalue weighted by Crippen LogP contribution is -2.30. The van der Waals surface area contributed by atoms with Crippen LogP contribution in [0.15, 0.2) is 29.2 Å². The fourth-order valence-corrected chi connectivity index (χ4v) is 3.14. The second kappa shape index (κ2) is 9.82. The molecule has 0 unspecified atom stereocenters. The standard InChI is InChI=1S/C16H28N2O3S/c1-4-14-21-15-8-10-16(11-9-15)22(19,20)17-12-7-13-18(5-2)6-3/h8-11,17H,4-7,12-14H2,1-3H3. The van der Waals surface area contributed by atoms with E-state index in [0.717, 1.165) is 32.5 Å². The van der Waals surface area contributed by atoms with Gasteiger partial charge >= 0.3 is 0 Å². The molecule has 0 saturated carbocycles. The van der Waals surface area contributed by atoms with Crippen molar-refractivity contribution in [1.82, 2.24) is 9.62 Å². The van der Waals surface area contributed by atoms with Crippen molar-refractivity contribution < 1.29 is 13.2 Å². The van der Waals surface area contributed by atoms with Crippen LogP contribution in [0.5, 0.6) is 5.75 Å². The lowest BCUT2D eigenvalue weighted by atomic mass is 10.3. The normalized spacial score (nSPS) is 11.8. The van der Waals surface area contributed by atoms with E-state index in [4.69, 9.17) is 4.74 Å². The van der Waals surface area contributed by atoms with Crippen LogP contribution in [-0.4, -0.2) is 46.1 Å². The molecular weight excluding hydrogens is 300 g/mol. The highest BCUT2D eigenvalue weighted by molar-refractivity contribution is 7.89. The van der Waals surface area contributed by atoms with Gasteiger partial charge in [0.2, 0.25) is 10.0 Å². The molecule has 0 aliphatic heterocycles. The number of hydrogen-bond acceptors (Lipinski definition) is 4. The monoisotopic (exact) mass is 328 g/mol. The molecule has 5 nitrogen and oxygen atoms in total. The summed E-state index contributed by atoms with van der Waals surface area (Å²) in [4.78, 5) is 2.55. The zero-order valence-electron chi connectivity index (χ0n) is 13.8. The van der Waals surface area contributed by atoms with Crippen molar-refractivity contribution in [3.63, 3.8) is 0 Å². The van der Waals surface area contributed by atoms with E-state index < -0.39 is 10.0 Å². The molecular formula is C16H28N2O3S. The highest BCUT2D eigenvalue weighted by Crippen LogP contribution is 2.16. The van der Waals surface area contributed by atoms with Gasteiger partial charge in [-0.25, -0.2) is 13.1 Å². The highest BCUT2D eigenvalue weighted by Gasteiger charge is 2.13. The molecule has 0 radical (unpaired) electrons. The molecule has 0 atom stereocenters. The first kappa shape index (κ1) is 18.9. The summed E-state index contributed by atoms with van der Waals surface area (Å²) in [5.41, 5.74) is 0. The number of sulfonamides is 1. The van der Waals surface area contributed by atoms with E-state index in [1.165, 1.54) is 0 Å². The van der Waals surface area contributed by atoms with Crippen LogP contribution in [-0.2, 0) is 10.0 Å². The molecule has 1 aromatic carbocycles. The number of benzene rings is 1. The average molecular weight is 328 g/mol. The molecule has 0 aliphatic carbocycles. The smallest absolute Gasteiger partial charge is 0.240 e. The SMILES string of the molecule is CCCOc1ccc(S(=O)(=O)NCCCN(CC)CC)cc1. The third-order valence-corrected chi connectivity index (χ3v) is 4.92. The second-order valence-electron chi connectivity index (χ2n) is 5.10. The molecule has 0 amide bonds. The molecule has 22 heavy (non-hydrogen) atoms. The Kier molecular flexibility index (Phi) is 8.45. The Morgan fingerprint density at radius 2 is 1.73 bits per heavy atom. The number of ether oxygens (including phenoxy) is 1. The van der Waals surface area contributed by atoms with Gasteiger partial charge in [0.1, 0.15) is 5.75 Å². The number of hydrogen-bond donors (Lipinski definition) is 1. The van der Waals surface area contributed by atoms with E-state index in [1.807, 2.05) is 6.92 Å². The lowest BCUT2D eigenvalue weighted by molar-refractivity contribution is 0.300. The minimum atomic E-state index is -3.43. The average Bonchev–Trinajstić information content (AvgIpc) is 2.53. The maximum absolute atomic E-state index is 12.2. The third-order valence-electron chi connectivity index (χ3n) is 3.44. The second-order valence-corrected chi connectivity index (χ2v) is 6.87. The molecule has 0 saturated heterocycles. The van der Waals surface area contributed by atoms with Crippen LogP contribution in [0.25, 0.3) is 0 Å². The first-order valence-electron chi connectivity index (χ1n) is 7.98. The summed E-state index contributed by atoms with van der Waals surface area (Å²) in [5, 5.41) is 0. The van der Waals surface area contributed by atoms with Gasteiger partial charge in [-0.3, -0.25) is 0 Å². The Bertz CT molecular complexity index is 511. The minimum Gasteiger partial charge on any atom is -0.494 e. The van der Waals surface area contributed by atoms with E-state index in [9.17, 15) is 8.42 Å². The van der Waals surface area contributed by atoms with Gasteiger partial charge < -0.3 is 9.64 Å². The Labute approximate surface area is 134 Å². The third kappa shape index (κ3) is 6.34. The van der Waals surface area contributed by atoms with Gasteiger partial charge in [0.15, 0.2) is 0 Å². The zero-order valence-corrected chi connectivity index (χ0v) is 14.7. The molecule has 0 aliphatic rings. The molecule has 6 heteroatoms. The summed E-state index contributed by atoms with van der Waals surface area (Å²) in [6.07, 6.45) is 1.73. The Morgan fingerprint density at radius 3 is 2.27 bits per heavy atom. The molecule has 1 aromatic rings.